The van der Waals surface area contributed by atoms with Crippen molar-refractivity contribution in [3.8, 4) is 0 Å². The molecule has 5 nitrogen and oxygen atoms in total. The molecule has 1 saturated heterocycles. The molecule has 16 heavy (non-hydrogen) atoms. The molecule has 1 heterocycles. The first kappa shape index (κ1) is 13.0. The molecule has 5 heteroatoms. The largest absolute Gasteiger partial charge is 0.481 e. The smallest absolute Gasteiger partial charge is 0.321 e. The second-order valence-electron chi connectivity index (χ2n) is 4.70. The third-order valence-corrected chi connectivity index (χ3v) is 3.08. The number of rotatable bonds is 4. The number of carboxylic acid groups (broad SMARTS) is 2. The number of nitrogens with zero attached hydrogens (tertiary/aromatic N) is 1. The van der Waals surface area contributed by atoms with Gasteiger partial charge in [-0.25, -0.2) is 0 Å². The Bertz CT molecular complexity index is 277. The quantitative estimate of drug-likeness (QED) is 0.748. The fourth-order valence-electron chi connectivity index (χ4n) is 2.32. The molecular formula is C11H19NO4. The molecule has 0 aromatic carbocycles. The molecule has 0 aliphatic carbocycles. The van der Waals surface area contributed by atoms with Gasteiger partial charge in [-0.2, -0.15) is 0 Å². The predicted molar refractivity (Wildman–Crippen MR) is 58.2 cm³/mol. The Kier molecular flexibility index (Phi) is 4.29. The Labute approximate surface area is 95.1 Å². The third-order valence-electron chi connectivity index (χ3n) is 3.08. The molecule has 2 N–H and O–H groups in total. The van der Waals surface area contributed by atoms with E-state index in [2.05, 4.69) is 0 Å². The van der Waals surface area contributed by atoms with Gasteiger partial charge in [0.1, 0.15) is 6.04 Å². The Morgan fingerprint density at radius 3 is 2.38 bits per heavy atom. The molecule has 2 atom stereocenters. The van der Waals surface area contributed by atoms with Crippen LogP contribution in [0, 0.1) is 11.8 Å². The van der Waals surface area contributed by atoms with Crippen molar-refractivity contribution in [1.29, 1.82) is 0 Å². The van der Waals surface area contributed by atoms with Crippen LogP contribution in [0.15, 0.2) is 0 Å². The molecule has 92 valence electrons. The first-order chi connectivity index (χ1) is 7.43. The van der Waals surface area contributed by atoms with Crippen LogP contribution in [0.25, 0.3) is 0 Å². The molecule has 1 rings (SSSR count). The van der Waals surface area contributed by atoms with E-state index in [1.54, 1.807) is 4.90 Å². The first-order valence-corrected chi connectivity index (χ1v) is 5.63. The van der Waals surface area contributed by atoms with Crippen LogP contribution in [-0.2, 0) is 9.59 Å². The second-order valence-corrected chi connectivity index (χ2v) is 4.70. The summed E-state index contributed by atoms with van der Waals surface area (Å²) in [5, 5.41) is 18.1. The van der Waals surface area contributed by atoms with Gasteiger partial charge in [0.05, 0.1) is 5.92 Å². The number of carbonyl (C=O) groups is 2. The highest BCUT2D eigenvalue weighted by Gasteiger charge is 2.34. The van der Waals surface area contributed by atoms with Gasteiger partial charge >= 0.3 is 11.9 Å². The maximum absolute atomic E-state index is 11.1. The van der Waals surface area contributed by atoms with E-state index in [0.717, 1.165) is 6.42 Å². The van der Waals surface area contributed by atoms with Crippen LogP contribution < -0.4 is 0 Å². The summed E-state index contributed by atoms with van der Waals surface area (Å²) in [6.45, 7) is 4.73. The molecule has 0 aromatic rings. The van der Waals surface area contributed by atoms with Crippen molar-refractivity contribution in [2.24, 2.45) is 11.8 Å². The molecule has 0 radical (unpaired) electrons. The zero-order valence-electron chi connectivity index (χ0n) is 9.72. The highest BCUT2D eigenvalue weighted by Crippen LogP contribution is 2.22. The first-order valence-electron chi connectivity index (χ1n) is 5.63. The lowest BCUT2D eigenvalue weighted by Gasteiger charge is -2.36. The molecular weight excluding hydrogens is 210 g/mol. The van der Waals surface area contributed by atoms with Crippen molar-refractivity contribution in [1.82, 2.24) is 4.90 Å². The maximum Gasteiger partial charge on any atom is 0.321 e. The minimum absolute atomic E-state index is 0.00922. The van der Waals surface area contributed by atoms with Crippen LogP contribution in [0.5, 0.6) is 0 Å². The highest BCUT2D eigenvalue weighted by atomic mass is 16.4. The summed E-state index contributed by atoms with van der Waals surface area (Å²) in [7, 11) is 0. The molecule has 0 saturated carbocycles. The van der Waals surface area contributed by atoms with Gasteiger partial charge in [-0.05, 0) is 25.3 Å². The van der Waals surface area contributed by atoms with Gasteiger partial charge in [0, 0.05) is 6.54 Å². The van der Waals surface area contributed by atoms with Gasteiger partial charge in [0.25, 0.3) is 0 Å². The van der Waals surface area contributed by atoms with E-state index >= 15 is 0 Å². The molecule has 2 unspecified atom stereocenters. The van der Waals surface area contributed by atoms with E-state index in [9.17, 15) is 9.59 Å². The maximum atomic E-state index is 11.1. The zero-order chi connectivity index (χ0) is 12.3. The second kappa shape index (κ2) is 5.30. The Morgan fingerprint density at radius 1 is 1.31 bits per heavy atom. The van der Waals surface area contributed by atoms with Crippen molar-refractivity contribution in [2.75, 3.05) is 13.1 Å². The minimum Gasteiger partial charge on any atom is -0.481 e. The van der Waals surface area contributed by atoms with Gasteiger partial charge in [-0.15, -0.1) is 0 Å². The Hall–Kier alpha value is -1.10. The number of hydrogen-bond acceptors (Lipinski definition) is 3. The fraction of sp³-hybridized carbons (Fsp3) is 0.818. The molecule has 1 aliphatic heterocycles. The molecule has 0 bridgehead atoms. The summed E-state index contributed by atoms with van der Waals surface area (Å²) >= 11 is 0. The van der Waals surface area contributed by atoms with E-state index < -0.39 is 23.9 Å². The van der Waals surface area contributed by atoms with E-state index in [-0.39, 0.29) is 5.92 Å². The van der Waals surface area contributed by atoms with Crippen molar-refractivity contribution in [3.05, 3.63) is 0 Å². The van der Waals surface area contributed by atoms with Crippen LogP contribution in [0.1, 0.15) is 26.7 Å². The van der Waals surface area contributed by atoms with Crippen LogP contribution >= 0.6 is 0 Å². The molecule has 1 fully saturated rings. The number of hydrogen-bond donors (Lipinski definition) is 2. The van der Waals surface area contributed by atoms with E-state index in [4.69, 9.17) is 10.2 Å². The topological polar surface area (TPSA) is 77.8 Å². The standard InChI is InChI=1S/C11H19NO4/c1-7(2)9(11(15)16)12-5-3-4-8(6-12)10(13)14/h7-9H,3-6H2,1-2H3,(H,13,14)(H,15,16). The monoisotopic (exact) mass is 229 g/mol. The number of piperidine rings is 1. The van der Waals surface area contributed by atoms with Gasteiger partial charge in [-0.1, -0.05) is 13.8 Å². The van der Waals surface area contributed by atoms with Gasteiger partial charge in [-0.3, -0.25) is 14.5 Å². The Balaban J connectivity index is 2.71. The normalized spacial score (nSPS) is 24.3. The zero-order valence-corrected chi connectivity index (χ0v) is 9.72. The predicted octanol–water partition coefficient (Wildman–Crippen LogP) is 0.892. The fourth-order valence-corrected chi connectivity index (χ4v) is 2.32. The lowest BCUT2D eigenvalue weighted by molar-refractivity contribution is -0.150. The third kappa shape index (κ3) is 2.95. The summed E-state index contributed by atoms with van der Waals surface area (Å²) in [4.78, 5) is 23.8. The van der Waals surface area contributed by atoms with Crippen LogP contribution in [-0.4, -0.2) is 46.2 Å². The van der Waals surface area contributed by atoms with Gasteiger partial charge < -0.3 is 10.2 Å². The Morgan fingerprint density at radius 2 is 1.94 bits per heavy atom. The number of likely N-dealkylation sites (tertiary alicyclic amines) is 1. The SMILES string of the molecule is CC(C)C(C(=O)O)N1CCCC(C(=O)O)C1. The summed E-state index contributed by atoms with van der Waals surface area (Å²) in [6, 6.07) is -0.567. The van der Waals surface area contributed by atoms with E-state index in [1.807, 2.05) is 13.8 Å². The van der Waals surface area contributed by atoms with Crippen molar-refractivity contribution in [3.63, 3.8) is 0 Å². The average Bonchev–Trinajstić information content (AvgIpc) is 2.16. The summed E-state index contributed by atoms with van der Waals surface area (Å²) < 4.78 is 0. The molecule has 0 spiro atoms. The number of aliphatic carboxylic acids is 2. The van der Waals surface area contributed by atoms with E-state index in [1.165, 1.54) is 0 Å². The van der Waals surface area contributed by atoms with Crippen molar-refractivity contribution < 1.29 is 19.8 Å². The van der Waals surface area contributed by atoms with Crippen molar-refractivity contribution >= 4 is 11.9 Å². The minimum atomic E-state index is -0.860. The summed E-state index contributed by atoms with van der Waals surface area (Å²) in [6.07, 6.45) is 1.41. The summed E-state index contributed by atoms with van der Waals surface area (Å²) in [5.74, 6) is -2.11. The van der Waals surface area contributed by atoms with Gasteiger partial charge in [0.15, 0.2) is 0 Å². The van der Waals surface area contributed by atoms with E-state index in [0.29, 0.717) is 19.5 Å². The van der Waals surface area contributed by atoms with Crippen LogP contribution in [0.2, 0.25) is 0 Å². The van der Waals surface area contributed by atoms with Crippen LogP contribution in [0.3, 0.4) is 0 Å². The van der Waals surface area contributed by atoms with Crippen LogP contribution in [0.4, 0.5) is 0 Å². The molecule has 1 aliphatic rings. The lowest BCUT2D eigenvalue weighted by Crippen LogP contribution is -2.50. The number of carboxylic acids is 2. The highest BCUT2D eigenvalue weighted by molar-refractivity contribution is 5.74. The summed E-state index contributed by atoms with van der Waals surface area (Å²) in [5.41, 5.74) is 0. The molecule has 0 aromatic heterocycles. The van der Waals surface area contributed by atoms with Crippen molar-refractivity contribution in [2.45, 2.75) is 32.7 Å². The average molecular weight is 229 g/mol. The van der Waals surface area contributed by atoms with Gasteiger partial charge in [0.2, 0.25) is 0 Å². The lowest BCUT2D eigenvalue weighted by atomic mass is 9.94. The molecule has 0 amide bonds.